The molecule has 1 aliphatic heterocycles. The summed E-state index contributed by atoms with van der Waals surface area (Å²) in [5.74, 6) is -0.312. The Morgan fingerprint density at radius 1 is 0.960 bits per heavy atom. The van der Waals surface area contributed by atoms with Gasteiger partial charge in [-0.1, -0.05) is 30.5 Å². The van der Waals surface area contributed by atoms with Crippen molar-refractivity contribution in [1.29, 1.82) is 0 Å². The van der Waals surface area contributed by atoms with Gasteiger partial charge in [0.05, 0.1) is 0 Å². The Labute approximate surface area is 150 Å². The highest BCUT2D eigenvalue weighted by molar-refractivity contribution is 7.80. The van der Waals surface area contributed by atoms with Crippen LogP contribution < -0.4 is 5.32 Å². The van der Waals surface area contributed by atoms with Crippen molar-refractivity contribution in [3.05, 3.63) is 29.3 Å². The molecule has 0 amide bonds. The molecule has 1 aromatic rings. The molecule has 2 bridgehead atoms. The zero-order valence-electron chi connectivity index (χ0n) is 12.5. The van der Waals surface area contributed by atoms with Crippen LogP contribution in [0.1, 0.15) is 29.4 Å². The number of nitrogens with one attached hydrogen (secondary N) is 1. The second-order valence-electron chi connectivity index (χ2n) is 6.13. The quantitative estimate of drug-likeness (QED) is 0.542. The molecule has 10 heteroatoms. The van der Waals surface area contributed by atoms with Gasteiger partial charge in [0.15, 0.2) is 9.98 Å². The van der Waals surface area contributed by atoms with Crippen LogP contribution in [0.3, 0.4) is 0 Å². The van der Waals surface area contributed by atoms with Crippen LogP contribution in [-0.2, 0) is 0 Å². The number of fused-ring (bicyclic) bond motifs is 5. The number of halogens is 6. The number of likely N-dealkylation sites (tertiary alicyclic amines) is 1. The fraction of sp³-hybridized carbons (Fsp3) is 0.467. The van der Waals surface area contributed by atoms with Gasteiger partial charge < -0.3 is 10.2 Å². The molecular weight excluding hydrogens is 386 g/mol. The monoisotopic (exact) mass is 398 g/mol. The molecule has 1 aliphatic carbocycles. The third-order valence-electron chi connectivity index (χ3n) is 4.46. The molecule has 1 N–H and O–H groups in total. The van der Waals surface area contributed by atoms with Gasteiger partial charge in [0.1, 0.15) is 0 Å². The summed E-state index contributed by atoms with van der Waals surface area (Å²) in [6.07, 6.45) is -8.54. The normalized spacial score (nSPS) is 22.6. The minimum atomic E-state index is -4.64. The summed E-state index contributed by atoms with van der Waals surface area (Å²) in [6.45, 7) is 0.268. The maximum Gasteiger partial charge on any atom is 0.441 e. The van der Waals surface area contributed by atoms with E-state index in [1.807, 2.05) is 0 Å². The number of hydrogen-bond donors (Lipinski definition) is 1. The predicted molar refractivity (Wildman–Crippen MR) is 89.0 cm³/mol. The summed E-state index contributed by atoms with van der Waals surface area (Å²) < 4.78 is 76.2. The van der Waals surface area contributed by atoms with Crippen LogP contribution in [0.4, 0.5) is 32.0 Å². The van der Waals surface area contributed by atoms with Crippen molar-refractivity contribution in [2.75, 3.05) is 18.4 Å². The van der Waals surface area contributed by atoms with E-state index < -0.39 is 22.3 Å². The van der Waals surface area contributed by atoms with Gasteiger partial charge in [0, 0.05) is 30.6 Å². The molecule has 0 saturated carbocycles. The molecule has 1 saturated heterocycles. The molecule has 2 unspecified atom stereocenters. The van der Waals surface area contributed by atoms with Gasteiger partial charge in [0.25, 0.3) is 0 Å². The Kier molecular flexibility index (Phi) is 4.47. The largest absolute Gasteiger partial charge is 0.441 e. The molecule has 136 valence electrons. The first-order chi connectivity index (χ1) is 11.5. The molecule has 1 fully saturated rings. The number of piperidine rings is 1. The average Bonchev–Trinajstić information content (AvgIpc) is 2.75. The van der Waals surface area contributed by atoms with Gasteiger partial charge in [0.2, 0.25) is 0 Å². The lowest BCUT2D eigenvalue weighted by molar-refractivity contribution is -0.0668. The van der Waals surface area contributed by atoms with Crippen molar-refractivity contribution in [2.24, 2.45) is 0 Å². The first kappa shape index (κ1) is 18.4. The number of nitrogens with zero attached hydrogens (tertiary/aromatic N) is 1. The second-order valence-corrected chi connectivity index (χ2v) is 6.93. The second kappa shape index (κ2) is 6.08. The molecule has 0 aromatic heterocycles. The van der Waals surface area contributed by atoms with E-state index in [0.717, 1.165) is 16.0 Å². The van der Waals surface area contributed by atoms with E-state index in [0.29, 0.717) is 6.42 Å². The number of anilines is 1. The van der Waals surface area contributed by atoms with Gasteiger partial charge >= 0.3 is 12.4 Å². The SMILES string of the molecule is FC(F)(F)C(=S)Nc1ccc2c(c1)C1CC2CN(C(=S)C(F)(F)F)C1. The molecule has 2 aliphatic rings. The van der Waals surface area contributed by atoms with Gasteiger partial charge in [-0.2, -0.15) is 26.3 Å². The molecule has 3 rings (SSSR count). The number of benzene rings is 1. The third-order valence-corrected chi connectivity index (χ3v) is 5.29. The maximum atomic E-state index is 12.8. The van der Waals surface area contributed by atoms with E-state index in [2.05, 4.69) is 29.8 Å². The van der Waals surface area contributed by atoms with Gasteiger partial charge in [-0.05, 0) is 29.7 Å². The zero-order valence-corrected chi connectivity index (χ0v) is 14.2. The number of hydrogen-bond acceptors (Lipinski definition) is 2. The Bertz CT molecular complexity index is 728. The summed E-state index contributed by atoms with van der Waals surface area (Å²) in [7, 11) is 0. The molecule has 0 spiro atoms. The Morgan fingerprint density at radius 3 is 2.12 bits per heavy atom. The van der Waals surface area contributed by atoms with Crippen molar-refractivity contribution < 1.29 is 26.3 Å². The highest BCUT2D eigenvalue weighted by Crippen LogP contribution is 2.47. The first-order valence-corrected chi connectivity index (χ1v) is 8.16. The molecule has 0 radical (unpaired) electrons. The summed E-state index contributed by atoms with van der Waals surface area (Å²) in [6, 6.07) is 4.66. The van der Waals surface area contributed by atoms with E-state index >= 15 is 0 Å². The fourth-order valence-electron chi connectivity index (χ4n) is 3.47. The maximum absolute atomic E-state index is 12.8. The van der Waals surface area contributed by atoms with Crippen molar-refractivity contribution in [3.8, 4) is 0 Å². The van der Waals surface area contributed by atoms with Crippen LogP contribution in [0.5, 0.6) is 0 Å². The summed E-state index contributed by atoms with van der Waals surface area (Å²) in [5.41, 5.74) is 1.80. The van der Waals surface area contributed by atoms with Crippen LogP contribution in [-0.4, -0.2) is 40.3 Å². The van der Waals surface area contributed by atoms with Crippen LogP contribution in [0, 0.1) is 0 Å². The topological polar surface area (TPSA) is 15.3 Å². The Balaban J connectivity index is 1.81. The van der Waals surface area contributed by atoms with E-state index in [-0.39, 0.29) is 30.6 Å². The molecular formula is C15H12F6N2S2. The number of alkyl halides is 6. The fourth-order valence-corrected chi connectivity index (χ4v) is 3.74. The smallest absolute Gasteiger partial charge is 0.357 e. The molecule has 1 heterocycles. The molecule has 2 nitrogen and oxygen atoms in total. The van der Waals surface area contributed by atoms with E-state index in [9.17, 15) is 26.3 Å². The zero-order chi connectivity index (χ0) is 18.6. The van der Waals surface area contributed by atoms with Crippen LogP contribution in [0.25, 0.3) is 0 Å². The van der Waals surface area contributed by atoms with E-state index in [1.165, 1.54) is 12.1 Å². The standard InChI is InChI=1S/C15H12F6N2S2/c16-14(17,18)12(24)22-9-1-2-10-7-3-8(11(10)4-9)6-23(5-7)13(25)15(19,20)21/h1-2,4,7-8H,3,5-6H2,(H,22,24). The minimum Gasteiger partial charge on any atom is -0.357 e. The predicted octanol–water partition coefficient (Wildman–Crippen LogP) is 4.76. The minimum absolute atomic E-state index is 0.106. The third kappa shape index (κ3) is 3.59. The summed E-state index contributed by atoms with van der Waals surface area (Å²) >= 11 is 8.83. The molecule has 2 atom stereocenters. The molecule has 25 heavy (non-hydrogen) atoms. The van der Waals surface area contributed by atoms with E-state index in [1.54, 1.807) is 6.07 Å². The van der Waals surface area contributed by atoms with Crippen LogP contribution >= 0.6 is 24.4 Å². The van der Waals surface area contributed by atoms with Gasteiger partial charge in [-0.15, -0.1) is 0 Å². The Hall–Kier alpha value is -1.42. The first-order valence-electron chi connectivity index (χ1n) is 7.35. The highest BCUT2D eigenvalue weighted by atomic mass is 32.1. The highest BCUT2D eigenvalue weighted by Gasteiger charge is 2.45. The van der Waals surface area contributed by atoms with Gasteiger partial charge in [-0.3, -0.25) is 0 Å². The molecule has 1 aromatic carbocycles. The van der Waals surface area contributed by atoms with Crippen molar-refractivity contribution in [3.63, 3.8) is 0 Å². The van der Waals surface area contributed by atoms with Gasteiger partial charge in [-0.25, -0.2) is 0 Å². The lowest BCUT2D eigenvalue weighted by Gasteiger charge is -2.34. The van der Waals surface area contributed by atoms with Crippen LogP contribution in [0.15, 0.2) is 18.2 Å². The summed E-state index contributed by atoms with van der Waals surface area (Å²) in [5, 5.41) is 2.14. The van der Waals surface area contributed by atoms with E-state index in [4.69, 9.17) is 0 Å². The lowest BCUT2D eigenvalue weighted by Crippen LogP contribution is -2.45. The lowest BCUT2D eigenvalue weighted by atomic mass is 9.96. The van der Waals surface area contributed by atoms with Crippen molar-refractivity contribution in [1.82, 2.24) is 4.90 Å². The van der Waals surface area contributed by atoms with Crippen molar-refractivity contribution in [2.45, 2.75) is 30.6 Å². The average molecular weight is 398 g/mol. The number of rotatable bonds is 1. The van der Waals surface area contributed by atoms with Crippen LogP contribution in [0.2, 0.25) is 0 Å². The van der Waals surface area contributed by atoms with Crippen molar-refractivity contribution >= 4 is 40.1 Å². The number of thiocarbonyl (C=S) groups is 2. The summed E-state index contributed by atoms with van der Waals surface area (Å²) in [4.78, 5) is -1.17. The Morgan fingerprint density at radius 2 is 1.56 bits per heavy atom.